The van der Waals surface area contributed by atoms with Crippen LogP contribution in [0.25, 0.3) is 0 Å². The molecular weight excluding hydrogens is 352 g/mol. The summed E-state index contributed by atoms with van der Waals surface area (Å²) in [5.74, 6) is 0. The van der Waals surface area contributed by atoms with E-state index < -0.39 is 13.9 Å². The van der Waals surface area contributed by atoms with Crippen LogP contribution in [-0.2, 0) is 18.3 Å². The minimum Gasteiger partial charge on any atom is -0.498 e. The summed E-state index contributed by atoms with van der Waals surface area (Å²) in [5.41, 5.74) is 3.44. The van der Waals surface area contributed by atoms with Crippen LogP contribution >= 0.6 is 30.4 Å². The minimum atomic E-state index is -4.08. The van der Waals surface area contributed by atoms with Gasteiger partial charge in [-0.15, -0.1) is 0 Å². The molecule has 9 heteroatoms. The topological polar surface area (TPSA) is 113 Å². The van der Waals surface area contributed by atoms with Crippen molar-refractivity contribution in [2.45, 2.75) is 6.10 Å². The second-order valence-electron chi connectivity index (χ2n) is 2.70. The second kappa shape index (κ2) is 9.34. The molecule has 0 saturated heterocycles. The Labute approximate surface area is 107 Å². The van der Waals surface area contributed by atoms with E-state index in [1.807, 2.05) is 22.6 Å². The molecule has 0 aromatic rings. The van der Waals surface area contributed by atoms with Crippen molar-refractivity contribution in [2.24, 2.45) is 0 Å². The molecule has 96 valence electrons. The number of aliphatic hydroxyl groups excluding tert-OH is 1. The van der Waals surface area contributed by atoms with E-state index in [1.165, 1.54) is 6.26 Å². The van der Waals surface area contributed by atoms with Gasteiger partial charge in [-0.1, -0.05) is 0 Å². The van der Waals surface area contributed by atoms with Gasteiger partial charge in [-0.25, -0.2) is 4.57 Å². The molecule has 0 aliphatic carbocycles. The van der Waals surface area contributed by atoms with E-state index >= 15 is 0 Å². The molecule has 0 aliphatic rings. The van der Waals surface area contributed by atoms with Crippen molar-refractivity contribution in [1.82, 2.24) is 0 Å². The summed E-state index contributed by atoms with van der Waals surface area (Å²) in [6.07, 6.45) is 0.401. The fraction of sp³-hybridized carbons (Fsp3) is 0.714. The molecule has 16 heavy (non-hydrogen) atoms. The molecule has 0 bridgehead atoms. The van der Waals surface area contributed by atoms with Gasteiger partial charge in [0.25, 0.3) is 0 Å². The Morgan fingerprint density at radius 2 is 2.12 bits per heavy atom. The van der Waals surface area contributed by atoms with Crippen molar-refractivity contribution in [3.05, 3.63) is 10.3 Å². The van der Waals surface area contributed by atoms with Gasteiger partial charge >= 0.3 is 7.82 Å². The number of ether oxygens (including phenoxy) is 1. The van der Waals surface area contributed by atoms with E-state index in [-0.39, 0.29) is 19.8 Å². The molecular formula is C7H16INO6P+. The molecule has 0 heterocycles. The molecule has 0 aromatic carbocycles. The van der Waals surface area contributed by atoms with Crippen molar-refractivity contribution in [1.29, 1.82) is 0 Å². The summed E-state index contributed by atoms with van der Waals surface area (Å²) >= 11 is 1.95. The Bertz CT molecular complexity index is 251. The Morgan fingerprint density at radius 3 is 2.69 bits per heavy atom. The predicted octanol–water partition coefficient (Wildman–Crippen LogP) is -0.354. The highest BCUT2D eigenvalue weighted by Crippen LogP contribution is 2.42. The summed E-state index contributed by atoms with van der Waals surface area (Å²) in [7, 11) is -4.08. The number of rotatable bonds is 9. The van der Waals surface area contributed by atoms with Gasteiger partial charge in [0.15, 0.2) is 0 Å². The minimum absolute atomic E-state index is 0.0190. The van der Waals surface area contributed by atoms with Gasteiger partial charge in [-0.05, 0) is 22.6 Å². The van der Waals surface area contributed by atoms with Gasteiger partial charge in [-0.3, -0.25) is 9.05 Å². The fourth-order valence-corrected chi connectivity index (χ4v) is 1.65. The smallest absolute Gasteiger partial charge is 0.472 e. The highest BCUT2D eigenvalue weighted by molar-refractivity contribution is 14.1. The first kappa shape index (κ1) is 16.3. The molecule has 0 aliphatic heterocycles. The van der Waals surface area contributed by atoms with E-state index in [9.17, 15) is 9.67 Å². The van der Waals surface area contributed by atoms with Crippen molar-refractivity contribution < 1.29 is 34.1 Å². The maximum Gasteiger partial charge on any atom is 0.472 e. The van der Waals surface area contributed by atoms with Gasteiger partial charge < -0.3 is 20.5 Å². The number of phosphoric acid groups is 1. The average Bonchev–Trinajstić information content (AvgIpc) is 2.24. The van der Waals surface area contributed by atoms with Crippen molar-refractivity contribution in [3.8, 4) is 0 Å². The fourth-order valence-electron chi connectivity index (χ4n) is 0.649. The van der Waals surface area contributed by atoms with Crippen LogP contribution in [0.1, 0.15) is 0 Å². The Hall–Kier alpha value is 0.300. The van der Waals surface area contributed by atoms with Crippen molar-refractivity contribution in [3.63, 3.8) is 0 Å². The molecule has 0 rings (SSSR count). The maximum atomic E-state index is 11.1. The lowest BCUT2D eigenvalue weighted by Crippen LogP contribution is -2.52. The number of phosphoric ester groups is 1. The highest BCUT2D eigenvalue weighted by Gasteiger charge is 2.22. The molecule has 0 saturated carbocycles. The van der Waals surface area contributed by atoms with Crippen LogP contribution in [0.4, 0.5) is 0 Å². The molecule has 0 spiro atoms. The van der Waals surface area contributed by atoms with E-state index in [0.29, 0.717) is 6.54 Å². The molecule has 5 N–H and O–H groups in total. The monoisotopic (exact) mass is 368 g/mol. The average molecular weight is 368 g/mol. The van der Waals surface area contributed by atoms with E-state index in [4.69, 9.17) is 9.63 Å². The van der Waals surface area contributed by atoms with Crippen LogP contribution < -0.4 is 5.73 Å². The largest absolute Gasteiger partial charge is 0.498 e. The van der Waals surface area contributed by atoms with Crippen LogP contribution in [0.15, 0.2) is 10.3 Å². The summed E-state index contributed by atoms with van der Waals surface area (Å²) in [6.45, 7) is 0.0345. The normalized spacial score (nSPS) is 17.2. The van der Waals surface area contributed by atoms with Crippen LogP contribution in [0.5, 0.6) is 0 Å². The van der Waals surface area contributed by atoms with Crippen LogP contribution in [0, 0.1) is 0 Å². The first-order chi connectivity index (χ1) is 7.52. The molecule has 1 unspecified atom stereocenters. The molecule has 0 amide bonds. The van der Waals surface area contributed by atoms with Crippen molar-refractivity contribution in [2.75, 3.05) is 26.4 Å². The Balaban J connectivity index is 3.72. The summed E-state index contributed by atoms with van der Waals surface area (Å²) in [4.78, 5) is 9.08. The van der Waals surface area contributed by atoms with Crippen LogP contribution in [0.2, 0.25) is 0 Å². The Kier molecular flexibility index (Phi) is 9.52. The highest BCUT2D eigenvalue weighted by atomic mass is 127. The molecule has 0 aromatic heterocycles. The van der Waals surface area contributed by atoms with Gasteiger partial charge in [-0.2, -0.15) is 0 Å². The van der Waals surface area contributed by atoms with Crippen LogP contribution in [-0.4, -0.2) is 42.5 Å². The SMILES string of the molecule is [NH3+]CCOP(=O)(O)OC[C@H](O)CO/C=C/I. The number of hydrogen-bond donors (Lipinski definition) is 3. The maximum absolute atomic E-state index is 11.1. The molecule has 7 nitrogen and oxygen atoms in total. The third-order valence-electron chi connectivity index (χ3n) is 1.27. The Morgan fingerprint density at radius 1 is 1.44 bits per heavy atom. The zero-order valence-corrected chi connectivity index (χ0v) is 11.7. The van der Waals surface area contributed by atoms with Gasteiger partial charge in [0.1, 0.15) is 19.3 Å². The quantitative estimate of drug-likeness (QED) is 0.291. The molecule has 0 fully saturated rings. The summed E-state index contributed by atoms with van der Waals surface area (Å²) in [5, 5.41) is 9.28. The van der Waals surface area contributed by atoms with Crippen molar-refractivity contribution >= 4 is 30.4 Å². The zero-order chi connectivity index (χ0) is 12.4. The third kappa shape index (κ3) is 9.52. The lowest BCUT2D eigenvalue weighted by Gasteiger charge is -2.14. The zero-order valence-electron chi connectivity index (χ0n) is 8.62. The van der Waals surface area contributed by atoms with Gasteiger partial charge in [0.2, 0.25) is 0 Å². The molecule has 2 atom stereocenters. The van der Waals surface area contributed by atoms with E-state index in [2.05, 4.69) is 14.8 Å². The predicted molar refractivity (Wildman–Crippen MR) is 64.6 cm³/mol. The lowest BCUT2D eigenvalue weighted by molar-refractivity contribution is -0.371. The van der Waals surface area contributed by atoms with Crippen LogP contribution in [0.3, 0.4) is 0 Å². The number of halogens is 1. The number of quaternary nitrogens is 1. The second-order valence-corrected chi connectivity index (χ2v) is 4.87. The lowest BCUT2D eigenvalue weighted by atomic mass is 10.4. The van der Waals surface area contributed by atoms with Gasteiger partial charge in [0.05, 0.1) is 19.4 Å². The molecule has 0 radical (unpaired) electrons. The first-order valence-electron chi connectivity index (χ1n) is 4.48. The number of hydrogen-bond acceptors (Lipinski definition) is 5. The summed E-state index contributed by atoms with van der Waals surface area (Å²) in [6, 6.07) is 0. The summed E-state index contributed by atoms with van der Waals surface area (Å²) < 4.78 is 26.6. The first-order valence-corrected chi connectivity index (χ1v) is 7.22. The third-order valence-corrected chi connectivity index (χ3v) is 2.54. The van der Waals surface area contributed by atoms with Gasteiger partial charge in [0, 0.05) is 4.08 Å². The van der Waals surface area contributed by atoms with E-state index in [0.717, 1.165) is 0 Å². The van der Waals surface area contributed by atoms with E-state index in [1.54, 1.807) is 4.08 Å². The number of aliphatic hydroxyl groups is 1. The standard InChI is InChI=1S/C7H15INO6P/c8-1-3-13-5-7(10)6-15-16(11,12)14-4-2-9/h1,3,7,10H,2,4-6,9H2,(H,11,12)/p+1/b3-1+/t7-/m1/s1.